The summed E-state index contributed by atoms with van der Waals surface area (Å²) in [7, 11) is 0. The minimum Gasteiger partial charge on any atom is -0.486 e. The van der Waals surface area contributed by atoms with Crippen molar-refractivity contribution >= 4 is 33.4 Å². The van der Waals surface area contributed by atoms with E-state index in [1.54, 1.807) is 0 Å². The van der Waals surface area contributed by atoms with Crippen molar-refractivity contribution in [3.8, 4) is 5.75 Å². The zero-order valence-electron chi connectivity index (χ0n) is 17.8. The van der Waals surface area contributed by atoms with E-state index in [0.29, 0.717) is 5.82 Å². The second kappa shape index (κ2) is 8.55. The number of rotatable bonds is 6. The summed E-state index contributed by atoms with van der Waals surface area (Å²) in [6.07, 6.45) is 0. The van der Waals surface area contributed by atoms with Crippen molar-refractivity contribution in [2.45, 2.75) is 20.1 Å². The molecule has 0 aliphatic carbocycles. The summed E-state index contributed by atoms with van der Waals surface area (Å²) in [5, 5.41) is 5.29. The van der Waals surface area contributed by atoms with Crippen LogP contribution in [-0.4, -0.2) is 15.5 Å². The van der Waals surface area contributed by atoms with Crippen molar-refractivity contribution in [2.24, 2.45) is 0 Å². The number of nitrogens with one attached hydrogen (secondary N) is 1. The number of benzene rings is 4. The average Bonchev–Trinajstić information content (AvgIpc) is 3.16. The molecule has 0 spiro atoms. The third-order valence-electron chi connectivity index (χ3n) is 5.54. The minimum absolute atomic E-state index is 0.102. The van der Waals surface area contributed by atoms with Crippen molar-refractivity contribution in [3.63, 3.8) is 0 Å². The van der Waals surface area contributed by atoms with Gasteiger partial charge in [-0.15, -0.1) is 0 Å². The molecule has 5 heteroatoms. The first-order valence-corrected chi connectivity index (χ1v) is 10.6. The molecule has 1 N–H and O–H groups in total. The van der Waals surface area contributed by atoms with Gasteiger partial charge in [0.25, 0.3) is 0 Å². The zero-order valence-corrected chi connectivity index (χ0v) is 17.8. The Hall–Kier alpha value is -4.12. The molecular formula is C27H23N3O2. The monoisotopic (exact) mass is 421 g/mol. The number of aromatic nitrogens is 2. The van der Waals surface area contributed by atoms with Crippen LogP contribution in [0.1, 0.15) is 11.4 Å². The van der Waals surface area contributed by atoms with Gasteiger partial charge >= 0.3 is 0 Å². The van der Waals surface area contributed by atoms with Gasteiger partial charge in [-0.1, -0.05) is 60.7 Å². The van der Waals surface area contributed by atoms with Gasteiger partial charge in [-0.3, -0.25) is 4.79 Å². The Bertz CT molecular complexity index is 1420. The number of anilines is 1. The molecule has 32 heavy (non-hydrogen) atoms. The summed E-state index contributed by atoms with van der Waals surface area (Å²) < 4.78 is 7.99. The Labute approximate surface area is 186 Å². The number of aryl methyl sites for hydroxylation is 1. The van der Waals surface area contributed by atoms with Crippen molar-refractivity contribution in [1.29, 1.82) is 0 Å². The molecule has 0 bridgehead atoms. The first-order chi connectivity index (χ1) is 15.7. The molecule has 0 saturated heterocycles. The lowest BCUT2D eigenvalue weighted by Crippen LogP contribution is -2.21. The number of carbonyl (C=O) groups is 1. The smallest absolute Gasteiger partial charge is 0.244 e. The van der Waals surface area contributed by atoms with Crippen LogP contribution in [-0.2, 0) is 17.9 Å². The molecule has 0 aliphatic rings. The van der Waals surface area contributed by atoms with E-state index in [1.807, 2.05) is 90.4 Å². The summed E-state index contributed by atoms with van der Waals surface area (Å²) in [5.41, 5.74) is 3.59. The maximum Gasteiger partial charge on any atom is 0.244 e. The fourth-order valence-electron chi connectivity index (χ4n) is 3.86. The van der Waals surface area contributed by atoms with Gasteiger partial charge in [-0.05, 0) is 53.6 Å². The molecule has 4 aromatic carbocycles. The largest absolute Gasteiger partial charge is 0.486 e. The number of imidazole rings is 1. The summed E-state index contributed by atoms with van der Waals surface area (Å²) in [5.74, 6) is 1.38. The fraction of sp³-hybridized carbons (Fsp3) is 0.111. The number of nitrogens with zero attached hydrogens (tertiary/aromatic N) is 2. The maximum absolute atomic E-state index is 12.8. The Balaban J connectivity index is 1.39. The topological polar surface area (TPSA) is 56.2 Å². The first kappa shape index (κ1) is 19.8. The molecular weight excluding hydrogens is 398 g/mol. The van der Waals surface area contributed by atoms with Crippen LogP contribution in [0.2, 0.25) is 0 Å². The van der Waals surface area contributed by atoms with Crippen molar-refractivity contribution in [3.05, 3.63) is 102 Å². The Morgan fingerprint density at radius 1 is 0.906 bits per heavy atom. The van der Waals surface area contributed by atoms with Gasteiger partial charge in [0.15, 0.2) is 0 Å². The molecule has 0 saturated carbocycles. The highest BCUT2D eigenvalue weighted by molar-refractivity contribution is 5.92. The van der Waals surface area contributed by atoms with E-state index in [2.05, 4.69) is 17.4 Å². The van der Waals surface area contributed by atoms with Gasteiger partial charge in [0.2, 0.25) is 5.91 Å². The molecule has 158 valence electrons. The van der Waals surface area contributed by atoms with Gasteiger partial charge in [-0.25, -0.2) is 4.98 Å². The highest BCUT2D eigenvalue weighted by Crippen LogP contribution is 2.23. The highest BCUT2D eigenvalue weighted by atomic mass is 16.5. The van der Waals surface area contributed by atoms with Gasteiger partial charge < -0.3 is 14.6 Å². The average molecular weight is 422 g/mol. The molecule has 0 fully saturated rings. The number of fused-ring (bicyclic) bond motifs is 2. The molecule has 5 aromatic rings. The maximum atomic E-state index is 12.8. The van der Waals surface area contributed by atoms with Crippen LogP contribution in [0.15, 0.2) is 91.0 Å². The number of hydrogen-bond acceptors (Lipinski definition) is 3. The lowest BCUT2D eigenvalue weighted by Gasteiger charge is -2.12. The van der Waals surface area contributed by atoms with E-state index in [4.69, 9.17) is 9.72 Å². The van der Waals surface area contributed by atoms with E-state index in [9.17, 15) is 4.79 Å². The Morgan fingerprint density at radius 3 is 2.53 bits per heavy atom. The van der Waals surface area contributed by atoms with E-state index >= 15 is 0 Å². The van der Waals surface area contributed by atoms with E-state index in [0.717, 1.165) is 33.4 Å². The van der Waals surface area contributed by atoms with Gasteiger partial charge in [0, 0.05) is 5.69 Å². The highest BCUT2D eigenvalue weighted by Gasteiger charge is 2.15. The summed E-state index contributed by atoms with van der Waals surface area (Å²) in [6.45, 7) is 2.40. The number of ether oxygens (including phenoxy) is 1. The van der Waals surface area contributed by atoms with Crippen LogP contribution in [0.25, 0.3) is 21.8 Å². The molecule has 0 unspecified atom stereocenters. The second-order valence-electron chi connectivity index (χ2n) is 7.76. The standard InChI is InChI=1S/C27H23N3O2/c1-19-8-2-5-11-23(19)29-27(31)17-30-25-13-7-6-12-24(25)28-26(30)18-32-22-15-14-20-9-3-4-10-21(20)16-22/h2-16H,17-18H2,1H3,(H,29,31). The predicted molar refractivity (Wildman–Crippen MR) is 128 cm³/mol. The Kier molecular flexibility index (Phi) is 5.30. The molecule has 1 heterocycles. The van der Waals surface area contributed by atoms with Crippen LogP contribution in [0.4, 0.5) is 5.69 Å². The molecule has 5 rings (SSSR count). The van der Waals surface area contributed by atoms with Crippen LogP contribution in [0.3, 0.4) is 0 Å². The predicted octanol–water partition coefficient (Wildman–Crippen LogP) is 5.72. The molecule has 0 atom stereocenters. The normalized spacial score (nSPS) is 11.0. The number of hydrogen-bond donors (Lipinski definition) is 1. The number of para-hydroxylation sites is 3. The molecule has 5 nitrogen and oxygen atoms in total. The third-order valence-corrected chi connectivity index (χ3v) is 5.54. The number of carbonyl (C=O) groups excluding carboxylic acids is 1. The van der Waals surface area contributed by atoms with E-state index in [1.165, 1.54) is 5.39 Å². The second-order valence-corrected chi connectivity index (χ2v) is 7.76. The molecule has 1 aromatic heterocycles. The lowest BCUT2D eigenvalue weighted by molar-refractivity contribution is -0.116. The fourth-order valence-corrected chi connectivity index (χ4v) is 3.86. The number of amides is 1. The molecule has 1 amide bonds. The van der Waals surface area contributed by atoms with Crippen LogP contribution >= 0.6 is 0 Å². The minimum atomic E-state index is -0.102. The van der Waals surface area contributed by atoms with Gasteiger partial charge in [0.05, 0.1) is 11.0 Å². The van der Waals surface area contributed by atoms with E-state index in [-0.39, 0.29) is 19.1 Å². The Morgan fingerprint density at radius 2 is 1.66 bits per heavy atom. The van der Waals surface area contributed by atoms with Crippen molar-refractivity contribution < 1.29 is 9.53 Å². The van der Waals surface area contributed by atoms with Crippen molar-refractivity contribution in [1.82, 2.24) is 9.55 Å². The van der Waals surface area contributed by atoms with Gasteiger partial charge in [-0.2, -0.15) is 0 Å². The van der Waals surface area contributed by atoms with Crippen molar-refractivity contribution in [2.75, 3.05) is 5.32 Å². The summed E-state index contributed by atoms with van der Waals surface area (Å²) in [6, 6.07) is 29.8. The molecule has 0 radical (unpaired) electrons. The third kappa shape index (κ3) is 4.05. The summed E-state index contributed by atoms with van der Waals surface area (Å²) in [4.78, 5) is 17.6. The quantitative estimate of drug-likeness (QED) is 0.382. The van der Waals surface area contributed by atoms with Crippen LogP contribution in [0, 0.1) is 6.92 Å². The molecule has 0 aliphatic heterocycles. The summed E-state index contributed by atoms with van der Waals surface area (Å²) >= 11 is 0. The van der Waals surface area contributed by atoms with Crippen LogP contribution < -0.4 is 10.1 Å². The van der Waals surface area contributed by atoms with Gasteiger partial charge in [0.1, 0.15) is 24.7 Å². The van der Waals surface area contributed by atoms with Crippen LogP contribution in [0.5, 0.6) is 5.75 Å². The zero-order chi connectivity index (χ0) is 21.9. The van der Waals surface area contributed by atoms with E-state index < -0.39 is 0 Å². The first-order valence-electron chi connectivity index (χ1n) is 10.6. The SMILES string of the molecule is Cc1ccccc1NC(=O)Cn1c(COc2ccc3ccccc3c2)nc2ccccc21. The lowest BCUT2D eigenvalue weighted by atomic mass is 10.1.